The number of piperidine rings is 1. The van der Waals surface area contributed by atoms with Gasteiger partial charge in [-0.05, 0) is 30.2 Å². The van der Waals surface area contributed by atoms with Crippen LogP contribution in [0.1, 0.15) is 17.9 Å². The van der Waals surface area contributed by atoms with Crippen LogP contribution in [-0.4, -0.2) is 50.4 Å². The molecule has 0 spiro atoms. The zero-order valence-electron chi connectivity index (χ0n) is 14.4. The molecule has 0 aliphatic carbocycles. The van der Waals surface area contributed by atoms with Crippen molar-refractivity contribution in [3.63, 3.8) is 0 Å². The largest absolute Gasteiger partial charge is 0.381 e. The Kier molecular flexibility index (Phi) is 3.74. The minimum absolute atomic E-state index is 0.561. The SMILES string of the molecule is c1ccc2c(c1)NC1CCN(c3ccc(N4CCOCC4)cn3)CC21. The zero-order chi connectivity index (χ0) is 16.6. The molecule has 4 heterocycles. The Morgan fingerprint density at radius 1 is 1.00 bits per heavy atom. The van der Waals surface area contributed by atoms with Crippen LogP contribution in [0, 0.1) is 0 Å². The van der Waals surface area contributed by atoms with Gasteiger partial charge in [0.05, 0.1) is 25.1 Å². The Bertz CT molecular complexity index is 742. The van der Waals surface area contributed by atoms with E-state index in [4.69, 9.17) is 9.72 Å². The number of fused-ring (bicyclic) bond motifs is 3. The molecular weight excluding hydrogens is 312 g/mol. The van der Waals surface area contributed by atoms with Gasteiger partial charge in [0.15, 0.2) is 0 Å². The highest BCUT2D eigenvalue weighted by Gasteiger charge is 2.36. The topological polar surface area (TPSA) is 40.6 Å². The van der Waals surface area contributed by atoms with E-state index in [0.29, 0.717) is 12.0 Å². The predicted octanol–water partition coefficient (Wildman–Crippen LogP) is 2.71. The van der Waals surface area contributed by atoms with E-state index < -0.39 is 0 Å². The Hall–Kier alpha value is -2.27. The maximum atomic E-state index is 5.43. The summed E-state index contributed by atoms with van der Waals surface area (Å²) in [6, 6.07) is 13.7. The maximum absolute atomic E-state index is 5.43. The number of anilines is 3. The van der Waals surface area contributed by atoms with Crippen LogP contribution in [0.15, 0.2) is 42.6 Å². The lowest BCUT2D eigenvalue weighted by Crippen LogP contribution is -2.42. The fourth-order valence-corrected chi connectivity index (χ4v) is 4.37. The Morgan fingerprint density at radius 3 is 2.72 bits per heavy atom. The van der Waals surface area contributed by atoms with Gasteiger partial charge in [-0.2, -0.15) is 0 Å². The van der Waals surface area contributed by atoms with E-state index in [9.17, 15) is 0 Å². The predicted molar refractivity (Wildman–Crippen MR) is 101 cm³/mol. The molecule has 2 aromatic rings. The molecule has 130 valence electrons. The highest BCUT2D eigenvalue weighted by atomic mass is 16.5. The van der Waals surface area contributed by atoms with Crippen molar-refractivity contribution >= 4 is 17.2 Å². The Balaban J connectivity index is 1.33. The van der Waals surface area contributed by atoms with Crippen LogP contribution in [0.5, 0.6) is 0 Å². The number of nitrogens with zero attached hydrogens (tertiary/aromatic N) is 3. The normalized spacial score (nSPS) is 25.3. The highest BCUT2D eigenvalue weighted by molar-refractivity contribution is 5.61. The summed E-state index contributed by atoms with van der Waals surface area (Å²) in [7, 11) is 0. The molecule has 2 atom stereocenters. The molecule has 0 radical (unpaired) electrons. The Labute approximate surface area is 148 Å². The Morgan fingerprint density at radius 2 is 1.88 bits per heavy atom. The fraction of sp³-hybridized carbons (Fsp3) is 0.450. The number of para-hydroxylation sites is 1. The first-order chi connectivity index (χ1) is 12.4. The second kappa shape index (κ2) is 6.23. The average molecular weight is 336 g/mol. The third kappa shape index (κ3) is 2.72. The van der Waals surface area contributed by atoms with Crippen LogP contribution in [0.4, 0.5) is 17.2 Å². The summed E-state index contributed by atoms with van der Waals surface area (Å²) in [4.78, 5) is 9.56. The molecule has 5 nitrogen and oxygen atoms in total. The van der Waals surface area contributed by atoms with Crippen molar-refractivity contribution in [2.45, 2.75) is 18.4 Å². The number of rotatable bonds is 2. The third-order valence-electron chi connectivity index (χ3n) is 5.75. The summed E-state index contributed by atoms with van der Waals surface area (Å²) in [6.45, 7) is 5.63. The lowest BCUT2D eigenvalue weighted by Gasteiger charge is -2.36. The second-order valence-electron chi connectivity index (χ2n) is 7.15. The van der Waals surface area contributed by atoms with Crippen molar-refractivity contribution in [3.05, 3.63) is 48.2 Å². The van der Waals surface area contributed by atoms with Crippen molar-refractivity contribution in [1.29, 1.82) is 0 Å². The molecule has 1 aromatic heterocycles. The van der Waals surface area contributed by atoms with Crippen molar-refractivity contribution < 1.29 is 4.74 Å². The molecule has 5 rings (SSSR count). The molecule has 2 unspecified atom stereocenters. The van der Waals surface area contributed by atoms with Crippen LogP contribution in [0.25, 0.3) is 0 Å². The summed E-state index contributed by atoms with van der Waals surface area (Å²) in [5.74, 6) is 1.66. The monoisotopic (exact) mass is 336 g/mol. The first-order valence-electron chi connectivity index (χ1n) is 9.28. The number of morpholine rings is 1. The van der Waals surface area contributed by atoms with E-state index in [2.05, 4.69) is 51.5 Å². The van der Waals surface area contributed by atoms with Crippen molar-refractivity contribution in [2.75, 3.05) is 54.5 Å². The third-order valence-corrected chi connectivity index (χ3v) is 5.75. The number of ether oxygens (including phenoxy) is 1. The van der Waals surface area contributed by atoms with Gasteiger partial charge in [0.2, 0.25) is 0 Å². The van der Waals surface area contributed by atoms with Crippen molar-refractivity contribution in [1.82, 2.24) is 4.98 Å². The van der Waals surface area contributed by atoms with Crippen LogP contribution >= 0.6 is 0 Å². The number of hydrogen-bond acceptors (Lipinski definition) is 5. The minimum Gasteiger partial charge on any atom is -0.381 e. The van der Waals surface area contributed by atoms with E-state index in [1.54, 1.807) is 0 Å². The van der Waals surface area contributed by atoms with Crippen LogP contribution in [0.2, 0.25) is 0 Å². The first-order valence-corrected chi connectivity index (χ1v) is 9.28. The molecule has 3 aliphatic rings. The minimum atomic E-state index is 0.561. The van der Waals surface area contributed by atoms with Gasteiger partial charge in [0, 0.05) is 43.8 Å². The second-order valence-corrected chi connectivity index (χ2v) is 7.15. The van der Waals surface area contributed by atoms with Gasteiger partial charge < -0.3 is 19.9 Å². The van der Waals surface area contributed by atoms with Gasteiger partial charge in [0.25, 0.3) is 0 Å². The molecule has 2 saturated heterocycles. The summed E-state index contributed by atoms with van der Waals surface area (Å²) in [5.41, 5.74) is 3.98. The molecule has 0 amide bonds. The number of aromatic nitrogens is 1. The van der Waals surface area contributed by atoms with Gasteiger partial charge in [-0.3, -0.25) is 0 Å². The van der Waals surface area contributed by atoms with E-state index in [1.807, 2.05) is 6.20 Å². The summed E-state index contributed by atoms with van der Waals surface area (Å²) < 4.78 is 5.43. The molecular formula is C20H24N4O. The highest BCUT2D eigenvalue weighted by Crippen LogP contribution is 2.40. The fourth-order valence-electron chi connectivity index (χ4n) is 4.37. The molecule has 2 fully saturated rings. The molecule has 3 aliphatic heterocycles. The van der Waals surface area contributed by atoms with Gasteiger partial charge in [-0.15, -0.1) is 0 Å². The lowest BCUT2D eigenvalue weighted by atomic mass is 9.89. The van der Waals surface area contributed by atoms with Gasteiger partial charge in [-0.25, -0.2) is 4.98 Å². The molecule has 5 heteroatoms. The smallest absolute Gasteiger partial charge is 0.128 e. The zero-order valence-corrected chi connectivity index (χ0v) is 14.4. The summed E-state index contributed by atoms with van der Waals surface area (Å²) in [6.07, 6.45) is 3.18. The van der Waals surface area contributed by atoms with Gasteiger partial charge >= 0.3 is 0 Å². The van der Waals surface area contributed by atoms with Gasteiger partial charge in [-0.1, -0.05) is 18.2 Å². The lowest BCUT2D eigenvalue weighted by molar-refractivity contribution is 0.122. The van der Waals surface area contributed by atoms with Gasteiger partial charge in [0.1, 0.15) is 5.82 Å². The summed E-state index contributed by atoms with van der Waals surface area (Å²) >= 11 is 0. The molecule has 25 heavy (non-hydrogen) atoms. The van der Waals surface area contributed by atoms with Crippen molar-refractivity contribution in [3.8, 4) is 0 Å². The number of nitrogens with one attached hydrogen (secondary N) is 1. The molecule has 1 aromatic carbocycles. The number of benzene rings is 1. The standard InChI is InChI=1S/C20H24N4O/c1-2-4-18-16(3-1)17-14-24(8-7-19(17)22-18)20-6-5-15(13-21-20)23-9-11-25-12-10-23/h1-6,13,17,19,22H,7-12,14H2. The number of hydrogen-bond donors (Lipinski definition) is 1. The first kappa shape index (κ1) is 15.0. The van der Waals surface area contributed by atoms with E-state index in [1.165, 1.54) is 16.9 Å². The van der Waals surface area contributed by atoms with Crippen LogP contribution in [0.3, 0.4) is 0 Å². The molecule has 0 saturated carbocycles. The number of pyridine rings is 1. The van der Waals surface area contributed by atoms with E-state index in [-0.39, 0.29) is 0 Å². The average Bonchev–Trinajstić information content (AvgIpc) is 3.07. The van der Waals surface area contributed by atoms with E-state index >= 15 is 0 Å². The van der Waals surface area contributed by atoms with Crippen LogP contribution < -0.4 is 15.1 Å². The van der Waals surface area contributed by atoms with Crippen LogP contribution in [-0.2, 0) is 4.74 Å². The molecule has 1 N–H and O–H groups in total. The molecule has 0 bridgehead atoms. The maximum Gasteiger partial charge on any atom is 0.128 e. The summed E-state index contributed by atoms with van der Waals surface area (Å²) in [5, 5.41) is 3.69. The van der Waals surface area contributed by atoms with Crippen molar-refractivity contribution in [2.24, 2.45) is 0 Å². The van der Waals surface area contributed by atoms with E-state index in [0.717, 1.165) is 51.6 Å². The quantitative estimate of drug-likeness (QED) is 0.913.